The number of esters is 1. The largest absolute Gasteiger partial charge is 0.469 e. The van der Waals surface area contributed by atoms with Gasteiger partial charge in [-0.15, -0.1) is 11.3 Å². The number of aromatic nitrogens is 1. The summed E-state index contributed by atoms with van der Waals surface area (Å²) in [4.78, 5) is 15.4. The van der Waals surface area contributed by atoms with Gasteiger partial charge in [-0.1, -0.05) is 11.6 Å². The number of benzene rings is 1. The molecular formula is C12H9ClFNO2S. The number of halogens is 2. The molecule has 0 bridgehead atoms. The second kappa shape index (κ2) is 5.46. The third-order valence-electron chi connectivity index (χ3n) is 2.29. The van der Waals surface area contributed by atoms with Crippen LogP contribution in [-0.2, 0) is 16.0 Å². The van der Waals surface area contributed by atoms with Gasteiger partial charge in [0.2, 0.25) is 0 Å². The molecule has 6 heteroatoms. The second-order valence-corrected chi connectivity index (χ2v) is 4.86. The molecule has 0 saturated heterocycles. The summed E-state index contributed by atoms with van der Waals surface area (Å²) in [6.07, 6.45) is 0.135. The fraction of sp³-hybridized carbons (Fsp3) is 0.167. The molecule has 94 valence electrons. The Morgan fingerprint density at radius 2 is 2.33 bits per heavy atom. The van der Waals surface area contributed by atoms with Crippen LogP contribution in [-0.4, -0.2) is 18.1 Å². The van der Waals surface area contributed by atoms with Gasteiger partial charge < -0.3 is 4.74 Å². The Hall–Kier alpha value is -1.46. The zero-order chi connectivity index (χ0) is 13.1. The monoisotopic (exact) mass is 285 g/mol. The molecule has 1 aromatic heterocycles. The molecule has 0 unspecified atom stereocenters. The smallest absolute Gasteiger partial charge is 0.312 e. The topological polar surface area (TPSA) is 39.2 Å². The molecule has 2 rings (SSSR count). The van der Waals surface area contributed by atoms with E-state index in [0.717, 1.165) is 0 Å². The molecule has 1 heterocycles. The molecule has 0 saturated carbocycles. The summed E-state index contributed by atoms with van der Waals surface area (Å²) in [7, 11) is 1.33. The fourth-order valence-corrected chi connectivity index (χ4v) is 2.35. The summed E-state index contributed by atoms with van der Waals surface area (Å²) in [6, 6.07) is 4.39. The summed E-state index contributed by atoms with van der Waals surface area (Å²) >= 11 is 7.05. The van der Waals surface area contributed by atoms with Crippen molar-refractivity contribution in [3.05, 3.63) is 39.4 Å². The van der Waals surface area contributed by atoms with E-state index in [0.29, 0.717) is 16.3 Å². The van der Waals surface area contributed by atoms with Crippen molar-refractivity contribution in [2.24, 2.45) is 0 Å². The van der Waals surface area contributed by atoms with Gasteiger partial charge in [0.1, 0.15) is 10.8 Å². The number of hydrogen-bond donors (Lipinski definition) is 0. The van der Waals surface area contributed by atoms with Gasteiger partial charge in [-0.25, -0.2) is 9.37 Å². The maximum Gasteiger partial charge on any atom is 0.312 e. The standard InChI is InChI=1S/C12H9ClFNO2S/c1-17-12(16)5-11-15-10(6-18-11)7-2-3-9(14)8(13)4-7/h2-4,6H,5H2,1H3. The van der Waals surface area contributed by atoms with Crippen molar-refractivity contribution in [3.8, 4) is 11.3 Å². The number of carbonyl (C=O) groups is 1. The van der Waals surface area contributed by atoms with Gasteiger partial charge in [0.05, 0.1) is 24.2 Å². The minimum absolute atomic E-state index is 0.0509. The van der Waals surface area contributed by atoms with Crippen molar-refractivity contribution in [1.29, 1.82) is 0 Å². The van der Waals surface area contributed by atoms with Crippen molar-refractivity contribution in [1.82, 2.24) is 4.98 Å². The molecule has 0 aliphatic carbocycles. The second-order valence-electron chi connectivity index (χ2n) is 3.51. The molecule has 1 aromatic carbocycles. The highest BCUT2D eigenvalue weighted by Crippen LogP contribution is 2.26. The third-order valence-corrected chi connectivity index (χ3v) is 3.43. The van der Waals surface area contributed by atoms with Crippen LogP contribution in [0.1, 0.15) is 5.01 Å². The number of nitrogens with zero attached hydrogens (tertiary/aromatic N) is 1. The van der Waals surface area contributed by atoms with Crippen molar-refractivity contribution in [3.63, 3.8) is 0 Å². The van der Waals surface area contributed by atoms with E-state index in [2.05, 4.69) is 9.72 Å². The van der Waals surface area contributed by atoms with Crippen molar-refractivity contribution in [2.75, 3.05) is 7.11 Å². The van der Waals surface area contributed by atoms with Gasteiger partial charge in [-0.3, -0.25) is 4.79 Å². The minimum Gasteiger partial charge on any atom is -0.469 e. The lowest BCUT2D eigenvalue weighted by Gasteiger charge is -1.98. The first-order valence-electron chi connectivity index (χ1n) is 5.07. The molecule has 18 heavy (non-hydrogen) atoms. The Morgan fingerprint density at radius 1 is 1.56 bits per heavy atom. The number of carbonyl (C=O) groups excluding carboxylic acids is 1. The summed E-state index contributed by atoms with van der Waals surface area (Å²) < 4.78 is 17.6. The fourth-order valence-electron chi connectivity index (χ4n) is 1.38. The molecular weight excluding hydrogens is 277 g/mol. The lowest BCUT2D eigenvalue weighted by atomic mass is 10.2. The molecule has 0 aliphatic rings. The highest BCUT2D eigenvalue weighted by atomic mass is 35.5. The Morgan fingerprint density at radius 3 is 3.00 bits per heavy atom. The zero-order valence-corrected chi connectivity index (χ0v) is 11.0. The van der Waals surface area contributed by atoms with E-state index in [4.69, 9.17) is 11.6 Å². The molecule has 2 aromatic rings. The zero-order valence-electron chi connectivity index (χ0n) is 9.44. The lowest BCUT2D eigenvalue weighted by Crippen LogP contribution is -2.03. The predicted octanol–water partition coefficient (Wildman–Crippen LogP) is 3.32. The van der Waals surface area contributed by atoms with Crippen LogP contribution in [0.5, 0.6) is 0 Å². The number of hydrogen-bond acceptors (Lipinski definition) is 4. The van der Waals surface area contributed by atoms with E-state index in [9.17, 15) is 9.18 Å². The molecule has 0 N–H and O–H groups in total. The van der Waals surface area contributed by atoms with Crippen LogP contribution in [0.2, 0.25) is 5.02 Å². The average Bonchev–Trinajstić information content (AvgIpc) is 2.81. The summed E-state index contributed by atoms with van der Waals surface area (Å²) in [5.41, 5.74) is 1.38. The normalized spacial score (nSPS) is 10.4. The van der Waals surface area contributed by atoms with Gasteiger partial charge >= 0.3 is 5.97 Å². The Balaban J connectivity index is 2.23. The highest BCUT2D eigenvalue weighted by Gasteiger charge is 2.10. The molecule has 0 spiro atoms. The Kier molecular flexibility index (Phi) is 3.93. The summed E-state index contributed by atoms with van der Waals surface area (Å²) in [6.45, 7) is 0. The van der Waals surface area contributed by atoms with E-state index in [1.807, 2.05) is 0 Å². The van der Waals surface area contributed by atoms with Gasteiger partial charge in [-0.2, -0.15) is 0 Å². The molecule has 0 fully saturated rings. The quantitative estimate of drug-likeness (QED) is 0.812. The van der Waals surface area contributed by atoms with Crippen LogP contribution in [0.4, 0.5) is 4.39 Å². The van der Waals surface area contributed by atoms with Crippen LogP contribution < -0.4 is 0 Å². The van der Waals surface area contributed by atoms with E-state index in [1.165, 1.54) is 30.6 Å². The van der Waals surface area contributed by atoms with E-state index >= 15 is 0 Å². The van der Waals surface area contributed by atoms with Crippen LogP contribution in [0.3, 0.4) is 0 Å². The summed E-state index contributed by atoms with van der Waals surface area (Å²) in [5, 5.41) is 2.49. The SMILES string of the molecule is COC(=O)Cc1nc(-c2ccc(F)c(Cl)c2)cs1. The maximum atomic E-state index is 13.0. The first-order valence-corrected chi connectivity index (χ1v) is 6.32. The predicted molar refractivity (Wildman–Crippen MR) is 68.2 cm³/mol. The van der Waals surface area contributed by atoms with Crippen LogP contribution in [0.15, 0.2) is 23.6 Å². The Bertz CT molecular complexity index is 585. The van der Waals surface area contributed by atoms with E-state index < -0.39 is 5.82 Å². The molecule has 0 radical (unpaired) electrons. The summed E-state index contributed by atoms with van der Waals surface area (Å²) in [5.74, 6) is -0.807. The number of rotatable bonds is 3. The van der Waals surface area contributed by atoms with Crippen LogP contribution >= 0.6 is 22.9 Å². The highest BCUT2D eigenvalue weighted by molar-refractivity contribution is 7.10. The minimum atomic E-state index is -0.467. The van der Waals surface area contributed by atoms with E-state index in [1.54, 1.807) is 11.4 Å². The van der Waals surface area contributed by atoms with Crippen LogP contribution in [0, 0.1) is 5.82 Å². The van der Waals surface area contributed by atoms with Gasteiger partial charge in [0.15, 0.2) is 0 Å². The molecule has 0 aliphatic heterocycles. The van der Waals surface area contributed by atoms with Gasteiger partial charge in [-0.05, 0) is 18.2 Å². The van der Waals surface area contributed by atoms with Crippen molar-refractivity contribution >= 4 is 28.9 Å². The lowest BCUT2D eigenvalue weighted by molar-refractivity contribution is -0.139. The van der Waals surface area contributed by atoms with Crippen molar-refractivity contribution < 1.29 is 13.9 Å². The molecule has 0 atom stereocenters. The number of thiazole rings is 1. The first kappa shape index (κ1) is 13.0. The van der Waals surface area contributed by atoms with Crippen molar-refractivity contribution in [2.45, 2.75) is 6.42 Å². The van der Waals surface area contributed by atoms with Gasteiger partial charge in [0, 0.05) is 10.9 Å². The average molecular weight is 286 g/mol. The third kappa shape index (κ3) is 2.86. The van der Waals surface area contributed by atoms with Crippen LogP contribution in [0.25, 0.3) is 11.3 Å². The number of methoxy groups -OCH3 is 1. The Labute approximate surface area is 112 Å². The molecule has 0 amide bonds. The molecule has 3 nitrogen and oxygen atoms in total. The first-order chi connectivity index (χ1) is 8.60. The van der Waals surface area contributed by atoms with E-state index in [-0.39, 0.29) is 17.4 Å². The van der Waals surface area contributed by atoms with Gasteiger partial charge in [0.25, 0.3) is 0 Å². The maximum absolute atomic E-state index is 13.0. The number of ether oxygens (including phenoxy) is 1.